The maximum atomic E-state index is 12.0. The molecule has 2 rings (SSSR count). The SMILES string of the molecule is C[C@H](Oc1ccc(Br)cc1Cl)C(=O)NNC(=O)c1ccccc1. The lowest BCUT2D eigenvalue weighted by molar-refractivity contribution is -0.128. The molecule has 0 saturated heterocycles. The summed E-state index contributed by atoms with van der Waals surface area (Å²) in [5.41, 5.74) is 5.09. The second kappa shape index (κ2) is 7.99. The molecule has 2 N–H and O–H groups in total. The van der Waals surface area contributed by atoms with Crippen LogP contribution in [0.1, 0.15) is 17.3 Å². The van der Waals surface area contributed by atoms with Crippen molar-refractivity contribution in [3.05, 3.63) is 63.6 Å². The monoisotopic (exact) mass is 396 g/mol. The van der Waals surface area contributed by atoms with E-state index in [0.29, 0.717) is 16.3 Å². The Morgan fingerprint density at radius 1 is 1.13 bits per heavy atom. The Balaban J connectivity index is 1.89. The van der Waals surface area contributed by atoms with E-state index in [4.69, 9.17) is 16.3 Å². The zero-order valence-electron chi connectivity index (χ0n) is 12.2. The number of rotatable bonds is 4. The quantitative estimate of drug-likeness (QED) is 0.778. The van der Waals surface area contributed by atoms with Gasteiger partial charge in [-0.2, -0.15) is 0 Å². The predicted octanol–water partition coefficient (Wildman–Crippen LogP) is 3.33. The number of nitrogens with one attached hydrogen (secondary N) is 2. The van der Waals surface area contributed by atoms with Gasteiger partial charge in [-0.15, -0.1) is 0 Å². The average Bonchev–Trinajstić information content (AvgIpc) is 2.55. The highest BCUT2D eigenvalue weighted by molar-refractivity contribution is 9.10. The van der Waals surface area contributed by atoms with Crippen LogP contribution in [0.3, 0.4) is 0 Å². The van der Waals surface area contributed by atoms with Gasteiger partial charge in [0.2, 0.25) is 0 Å². The first-order chi connectivity index (χ1) is 11.0. The number of carbonyl (C=O) groups excluding carboxylic acids is 2. The van der Waals surface area contributed by atoms with Crippen LogP contribution in [0.2, 0.25) is 5.02 Å². The molecule has 7 heteroatoms. The van der Waals surface area contributed by atoms with Gasteiger partial charge < -0.3 is 4.74 Å². The molecule has 2 aromatic carbocycles. The first-order valence-electron chi connectivity index (χ1n) is 6.74. The van der Waals surface area contributed by atoms with E-state index in [1.807, 2.05) is 0 Å². The first-order valence-corrected chi connectivity index (χ1v) is 7.91. The van der Waals surface area contributed by atoms with Crippen LogP contribution in [-0.4, -0.2) is 17.9 Å². The van der Waals surface area contributed by atoms with Gasteiger partial charge in [-0.05, 0) is 37.3 Å². The zero-order chi connectivity index (χ0) is 16.8. The molecule has 2 aromatic rings. The molecule has 5 nitrogen and oxygen atoms in total. The Labute approximate surface area is 147 Å². The third-order valence-corrected chi connectivity index (χ3v) is 3.69. The highest BCUT2D eigenvalue weighted by Crippen LogP contribution is 2.28. The normalized spacial score (nSPS) is 11.4. The Hall–Kier alpha value is -2.05. The van der Waals surface area contributed by atoms with Gasteiger partial charge in [0, 0.05) is 10.0 Å². The van der Waals surface area contributed by atoms with E-state index in [1.54, 1.807) is 55.5 Å². The van der Waals surface area contributed by atoms with Crippen LogP contribution in [0, 0.1) is 0 Å². The maximum Gasteiger partial charge on any atom is 0.279 e. The molecule has 2 amide bonds. The number of hydrazine groups is 1. The van der Waals surface area contributed by atoms with Crippen molar-refractivity contribution >= 4 is 39.3 Å². The van der Waals surface area contributed by atoms with Crippen molar-refractivity contribution in [2.24, 2.45) is 0 Å². The zero-order valence-corrected chi connectivity index (χ0v) is 14.5. The maximum absolute atomic E-state index is 12.0. The highest BCUT2D eigenvalue weighted by atomic mass is 79.9. The van der Waals surface area contributed by atoms with Crippen molar-refractivity contribution in [2.45, 2.75) is 13.0 Å². The van der Waals surface area contributed by atoms with E-state index in [0.717, 1.165) is 4.47 Å². The standard InChI is InChI=1S/C16H14BrClN2O3/c1-10(23-14-8-7-12(17)9-13(14)18)15(21)19-20-16(22)11-5-3-2-4-6-11/h2-10H,1H3,(H,19,21)(H,20,22)/t10-/m0/s1. The van der Waals surface area contributed by atoms with Crippen molar-refractivity contribution in [2.75, 3.05) is 0 Å². The van der Waals surface area contributed by atoms with Crippen molar-refractivity contribution < 1.29 is 14.3 Å². The minimum Gasteiger partial charge on any atom is -0.479 e. The fraction of sp³-hybridized carbons (Fsp3) is 0.125. The van der Waals surface area contributed by atoms with Crippen LogP contribution in [-0.2, 0) is 4.79 Å². The molecule has 0 aliphatic heterocycles. The predicted molar refractivity (Wildman–Crippen MR) is 91.3 cm³/mol. The second-order valence-electron chi connectivity index (χ2n) is 4.64. The molecule has 120 valence electrons. The van der Waals surface area contributed by atoms with Crippen LogP contribution in [0.5, 0.6) is 5.75 Å². The third-order valence-electron chi connectivity index (χ3n) is 2.90. The number of amides is 2. The summed E-state index contributed by atoms with van der Waals surface area (Å²) < 4.78 is 6.29. The summed E-state index contributed by atoms with van der Waals surface area (Å²) >= 11 is 9.32. The fourth-order valence-electron chi connectivity index (χ4n) is 1.70. The summed E-state index contributed by atoms with van der Waals surface area (Å²) in [6, 6.07) is 13.6. The fourth-order valence-corrected chi connectivity index (χ4v) is 2.41. The largest absolute Gasteiger partial charge is 0.479 e. The van der Waals surface area contributed by atoms with E-state index < -0.39 is 17.9 Å². The van der Waals surface area contributed by atoms with Gasteiger partial charge in [0.15, 0.2) is 6.10 Å². The molecular formula is C16H14BrClN2O3. The summed E-state index contributed by atoms with van der Waals surface area (Å²) in [5, 5.41) is 0.382. The van der Waals surface area contributed by atoms with Gasteiger partial charge in [0.25, 0.3) is 11.8 Å². The van der Waals surface area contributed by atoms with Gasteiger partial charge in [0.05, 0.1) is 5.02 Å². The molecule has 0 bridgehead atoms. The van der Waals surface area contributed by atoms with Crippen LogP contribution < -0.4 is 15.6 Å². The van der Waals surface area contributed by atoms with E-state index in [9.17, 15) is 9.59 Å². The van der Waals surface area contributed by atoms with Crippen LogP contribution in [0.15, 0.2) is 53.0 Å². The lowest BCUT2D eigenvalue weighted by Gasteiger charge is -2.16. The summed E-state index contributed by atoms with van der Waals surface area (Å²) in [5.74, 6) is -0.520. The third kappa shape index (κ3) is 4.97. The van der Waals surface area contributed by atoms with Crippen molar-refractivity contribution in [3.63, 3.8) is 0 Å². The molecule has 0 heterocycles. The molecule has 0 spiro atoms. The summed E-state index contributed by atoms with van der Waals surface area (Å²) in [6.45, 7) is 1.56. The molecule has 1 atom stereocenters. The summed E-state index contributed by atoms with van der Waals surface area (Å²) in [4.78, 5) is 23.8. The molecule has 0 unspecified atom stereocenters. The van der Waals surface area contributed by atoms with Crippen molar-refractivity contribution in [1.82, 2.24) is 10.9 Å². The number of hydrogen-bond acceptors (Lipinski definition) is 3. The van der Waals surface area contributed by atoms with E-state index in [2.05, 4.69) is 26.8 Å². The topological polar surface area (TPSA) is 67.4 Å². The molecule has 23 heavy (non-hydrogen) atoms. The molecular weight excluding hydrogens is 384 g/mol. The molecule has 0 aliphatic carbocycles. The Bertz CT molecular complexity index is 710. The molecule has 0 aliphatic rings. The molecule has 0 aromatic heterocycles. The number of benzene rings is 2. The van der Waals surface area contributed by atoms with Crippen LogP contribution >= 0.6 is 27.5 Å². The summed E-state index contributed by atoms with van der Waals surface area (Å²) in [6.07, 6.45) is -0.829. The lowest BCUT2D eigenvalue weighted by atomic mass is 10.2. The van der Waals surface area contributed by atoms with E-state index in [1.165, 1.54) is 0 Å². The Morgan fingerprint density at radius 3 is 2.48 bits per heavy atom. The molecule has 0 radical (unpaired) electrons. The van der Waals surface area contributed by atoms with Gasteiger partial charge in [0.1, 0.15) is 5.75 Å². The minimum absolute atomic E-state index is 0.381. The van der Waals surface area contributed by atoms with Crippen LogP contribution in [0.4, 0.5) is 0 Å². The van der Waals surface area contributed by atoms with E-state index in [-0.39, 0.29) is 0 Å². The van der Waals surface area contributed by atoms with Gasteiger partial charge in [-0.1, -0.05) is 45.7 Å². The van der Waals surface area contributed by atoms with E-state index >= 15 is 0 Å². The van der Waals surface area contributed by atoms with Crippen molar-refractivity contribution in [3.8, 4) is 5.75 Å². The van der Waals surface area contributed by atoms with Crippen LogP contribution in [0.25, 0.3) is 0 Å². The van der Waals surface area contributed by atoms with Gasteiger partial charge >= 0.3 is 0 Å². The smallest absolute Gasteiger partial charge is 0.279 e. The number of hydrogen-bond donors (Lipinski definition) is 2. The van der Waals surface area contributed by atoms with Gasteiger partial charge in [-0.3, -0.25) is 20.4 Å². The molecule has 0 saturated carbocycles. The highest BCUT2D eigenvalue weighted by Gasteiger charge is 2.17. The number of ether oxygens (including phenoxy) is 1. The first kappa shape index (κ1) is 17.3. The molecule has 0 fully saturated rings. The van der Waals surface area contributed by atoms with Gasteiger partial charge in [-0.25, -0.2) is 0 Å². The number of halogens is 2. The van der Waals surface area contributed by atoms with Crippen molar-refractivity contribution in [1.29, 1.82) is 0 Å². The minimum atomic E-state index is -0.829. The lowest BCUT2D eigenvalue weighted by Crippen LogP contribution is -2.47. The number of carbonyl (C=O) groups is 2. The Kier molecular flexibility index (Phi) is 6.01. The Morgan fingerprint density at radius 2 is 1.83 bits per heavy atom. The summed E-state index contributed by atoms with van der Waals surface area (Å²) in [7, 11) is 0. The average molecular weight is 398 g/mol. The second-order valence-corrected chi connectivity index (χ2v) is 5.97.